The van der Waals surface area contributed by atoms with Crippen molar-refractivity contribution in [3.8, 4) is 5.75 Å². The summed E-state index contributed by atoms with van der Waals surface area (Å²) in [7, 11) is 0. The Hall–Kier alpha value is -4.38. The van der Waals surface area contributed by atoms with E-state index in [1.54, 1.807) is 50.3 Å². The highest BCUT2D eigenvalue weighted by Gasteiger charge is 2.33. The molecule has 0 radical (unpaired) electrons. The molecule has 0 aliphatic carbocycles. The second-order valence-corrected chi connectivity index (χ2v) is 8.83. The van der Waals surface area contributed by atoms with Crippen molar-refractivity contribution in [3.05, 3.63) is 101 Å². The number of hydrogen-bond donors (Lipinski definition) is 0. The van der Waals surface area contributed by atoms with Gasteiger partial charge in [-0.3, -0.25) is 24.3 Å². The smallest absolute Gasteiger partial charge is 0.338 e. The first-order chi connectivity index (χ1) is 17.2. The van der Waals surface area contributed by atoms with Gasteiger partial charge in [-0.1, -0.05) is 35.6 Å². The fourth-order valence-electron chi connectivity index (χ4n) is 3.87. The van der Waals surface area contributed by atoms with Crippen LogP contribution in [0.5, 0.6) is 5.75 Å². The number of benzene rings is 2. The lowest BCUT2D eigenvalue weighted by Gasteiger charge is -2.24. The van der Waals surface area contributed by atoms with Gasteiger partial charge in [0.15, 0.2) is 4.80 Å². The number of fused-ring (bicyclic) bond motifs is 1. The van der Waals surface area contributed by atoms with Gasteiger partial charge in [0.05, 0.1) is 33.4 Å². The molecule has 1 aliphatic rings. The molecule has 0 amide bonds. The number of aromatic nitrogens is 1. The summed E-state index contributed by atoms with van der Waals surface area (Å²) >= 11 is 1.11. The molecule has 36 heavy (non-hydrogen) atoms. The van der Waals surface area contributed by atoms with Gasteiger partial charge >= 0.3 is 11.9 Å². The minimum absolute atomic E-state index is 0.0947. The molecule has 184 valence electrons. The zero-order valence-electron chi connectivity index (χ0n) is 19.6. The lowest BCUT2D eigenvalue weighted by atomic mass is 9.96. The van der Waals surface area contributed by atoms with Crippen molar-refractivity contribution >= 4 is 35.0 Å². The van der Waals surface area contributed by atoms with E-state index in [1.165, 1.54) is 29.7 Å². The van der Waals surface area contributed by atoms with Crippen molar-refractivity contribution in [2.75, 3.05) is 6.61 Å². The summed E-state index contributed by atoms with van der Waals surface area (Å²) < 4.78 is 12.1. The van der Waals surface area contributed by atoms with Crippen molar-refractivity contribution in [1.82, 2.24) is 4.57 Å². The van der Waals surface area contributed by atoms with Gasteiger partial charge in [-0.15, -0.1) is 0 Å². The van der Waals surface area contributed by atoms with Crippen molar-refractivity contribution < 1.29 is 24.0 Å². The lowest BCUT2D eigenvalue weighted by Crippen LogP contribution is -2.39. The topological polar surface area (TPSA) is 130 Å². The summed E-state index contributed by atoms with van der Waals surface area (Å²) in [6.45, 7) is 4.79. The number of nitro benzene ring substituents is 1. The molecule has 1 atom stereocenters. The number of esters is 2. The maximum atomic E-state index is 13.6. The molecule has 2 aromatic carbocycles. The molecule has 11 heteroatoms. The van der Waals surface area contributed by atoms with Crippen LogP contribution in [0.1, 0.15) is 37.9 Å². The number of allylic oxidation sites excluding steroid dienone is 1. The molecule has 4 rings (SSSR count). The lowest BCUT2D eigenvalue weighted by molar-refractivity contribution is -0.384. The second kappa shape index (κ2) is 10.1. The SMILES string of the molecule is CCOC(=O)C1=C(C)N=c2s/c(=C/c3cccc([N+](=O)[O-])c3)c(=O)n2[C@@H]1c1ccc(OC(C)=O)cc1. The van der Waals surface area contributed by atoms with E-state index in [-0.39, 0.29) is 17.9 Å². The molecular formula is C25H21N3O7S. The van der Waals surface area contributed by atoms with Crippen molar-refractivity contribution in [2.24, 2.45) is 4.99 Å². The average molecular weight is 508 g/mol. The summed E-state index contributed by atoms with van der Waals surface area (Å²) in [5.74, 6) is -0.747. The monoisotopic (exact) mass is 507 g/mol. The number of carbonyl (C=O) groups is 2. The third kappa shape index (κ3) is 4.86. The molecule has 3 aromatic rings. The van der Waals surface area contributed by atoms with Gasteiger partial charge in [0.25, 0.3) is 11.2 Å². The number of hydrogen-bond acceptors (Lipinski definition) is 9. The number of ether oxygens (including phenoxy) is 2. The third-order valence-electron chi connectivity index (χ3n) is 5.35. The predicted molar refractivity (Wildman–Crippen MR) is 131 cm³/mol. The fourth-order valence-corrected chi connectivity index (χ4v) is 4.92. The van der Waals surface area contributed by atoms with Crippen LogP contribution in [0, 0.1) is 10.1 Å². The first-order valence-electron chi connectivity index (χ1n) is 10.9. The zero-order chi connectivity index (χ0) is 26.0. The van der Waals surface area contributed by atoms with Crippen LogP contribution >= 0.6 is 11.3 Å². The Balaban J connectivity index is 1.90. The van der Waals surface area contributed by atoms with Gasteiger partial charge < -0.3 is 9.47 Å². The van der Waals surface area contributed by atoms with E-state index in [1.807, 2.05) is 0 Å². The number of nitro groups is 1. The van der Waals surface area contributed by atoms with Crippen LogP contribution in [0.25, 0.3) is 6.08 Å². The molecule has 0 saturated heterocycles. The molecule has 0 unspecified atom stereocenters. The quantitative estimate of drug-likeness (QED) is 0.217. The highest BCUT2D eigenvalue weighted by Crippen LogP contribution is 2.31. The van der Waals surface area contributed by atoms with Crippen molar-refractivity contribution in [3.63, 3.8) is 0 Å². The first-order valence-corrected chi connectivity index (χ1v) is 11.7. The van der Waals surface area contributed by atoms with Gasteiger partial charge in [-0.2, -0.15) is 0 Å². The molecule has 0 bridgehead atoms. The molecule has 0 fully saturated rings. The van der Waals surface area contributed by atoms with Crippen LogP contribution in [0.3, 0.4) is 0 Å². The number of thiazole rings is 1. The Labute approximate surface area is 208 Å². The summed E-state index contributed by atoms with van der Waals surface area (Å²) in [6.07, 6.45) is 1.56. The number of non-ortho nitro benzene ring substituents is 1. The molecule has 0 spiro atoms. The molecule has 10 nitrogen and oxygen atoms in total. The van der Waals surface area contributed by atoms with E-state index in [0.717, 1.165) is 11.3 Å². The highest BCUT2D eigenvalue weighted by molar-refractivity contribution is 7.07. The van der Waals surface area contributed by atoms with E-state index in [9.17, 15) is 24.5 Å². The van der Waals surface area contributed by atoms with Crippen LogP contribution in [-0.2, 0) is 14.3 Å². The predicted octanol–water partition coefficient (Wildman–Crippen LogP) is 2.63. The number of nitrogens with zero attached hydrogens (tertiary/aromatic N) is 3. The Bertz CT molecular complexity index is 1580. The average Bonchev–Trinajstić information content (AvgIpc) is 3.13. The second-order valence-electron chi connectivity index (χ2n) is 7.82. The number of carbonyl (C=O) groups excluding carboxylic acids is 2. The molecule has 2 heterocycles. The molecular weight excluding hydrogens is 486 g/mol. The molecule has 0 saturated carbocycles. The Morgan fingerprint density at radius 2 is 1.94 bits per heavy atom. The number of rotatable bonds is 6. The summed E-state index contributed by atoms with van der Waals surface area (Å²) in [4.78, 5) is 53.3. The van der Waals surface area contributed by atoms with Crippen LogP contribution in [0.4, 0.5) is 5.69 Å². The Morgan fingerprint density at radius 3 is 2.58 bits per heavy atom. The van der Waals surface area contributed by atoms with Gasteiger partial charge in [0, 0.05) is 19.1 Å². The zero-order valence-corrected chi connectivity index (χ0v) is 20.4. The first kappa shape index (κ1) is 24.7. The summed E-state index contributed by atoms with van der Waals surface area (Å²) in [6, 6.07) is 11.6. The largest absolute Gasteiger partial charge is 0.463 e. The van der Waals surface area contributed by atoms with E-state index in [0.29, 0.717) is 31.9 Å². The Kier molecular flexibility index (Phi) is 6.93. The van der Waals surface area contributed by atoms with Gasteiger partial charge in [-0.05, 0) is 43.2 Å². The van der Waals surface area contributed by atoms with Gasteiger partial charge in [0.1, 0.15) is 5.75 Å². The van der Waals surface area contributed by atoms with Crippen molar-refractivity contribution in [2.45, 2.75) is 26.8 Å². The minimum atomic E-state index is -0.834. The normalized spacial score (nSPS) is 15.2. The van der Waals surface area contributed by atoms with Gasteiger partial charge in [0.2, 0.25) is 0 Å². The van der Waals surface area contributed by atoms with Crippen LogP contribution < -0.4 is 19.6 Å². The van der Waals surface area contributed by atoms with Gasteiger partial charge in [-0.25, -0.2) is 9.79 Å². The minimum Gasteiger partial charge on any atom is -0.463 e. The maximum absolute atomic E-state index is 13.6. The molecule has 0 N–H and O–H groups in total. The standard InChI is InChI=1S/C25H21N3O7S/c1-4-34-24(31)21-14(2)26-25-27(22(21)17-8-10-19(11-9-17)35-15(3)29)23(30)20(36-25)13-16-6-5-7-18(12-16)28(32)33/h5-13,22H,4H2,1-3H3/b20-13+/t22-/m1/s1. The summed E-state index contributed by atoms with van der Waals surface area (Å²) in [5, 5.41) is 11.1. The third-order valence-corrected chi connectivity index (χ3v) is 6.34. The summed E-state index contributed by atoms with van der Waals surface area (Å²) in [5.41, 5.74) is 1.19. The molecule has 1 aliphatic heterocycles. The van der Waals surface area contributed by atoms with E-state index in [4.69, 9.17) is 9.47 Å². The maximum Gasteiger partial charge on any atom is 0.338 e. The molecule has 1 aromatic heterocycles. The van der Waals surface area contributed by atoms with E-state index < -0.39 is 28.5 Å². The van der Waals surface area contributed by atoms with Crippen LogP contribution in [-0.4, -0.2) is 28.0 Å². The van der Waals surface area contributed by atoms with Crippen LogP contribution in [0.2, 0.25) is 0 Å². The van der Waals surface area contributed by atoms with E-state index >= 15 is 0 Å². The highest BCUT2D eigenvalue weighted by atomic mass is 32.1. The van der Waals surface area contributed by atoms with E-state index in [2.05, 4.69) is 4.99 Å². The van der Waals surface area contributed by atoms with Crippen molar-refractivity contribution in [1.29, 1.82) is 0 Å². The van der Waals surface area contributed by atoms with Crippen LogP contribution in [0.15, 0.2) is 69.6 Å². The fraction of sp³-hybridized carbons (Fsp3) is 0.200. The Morgan fingerprint density at radius 1 is 1.22 bits per heavy atom.